The Morgan fingerprint density at radius 3 is 2.72 bits per heavy atom. The zero-order valence-corrected chi connectivity index (χ0v) is 17.7. The molecular formula is C20H28ClN5O3. The number of nitrogens with one attached hydrogen (secondary N) is 2. The molecule has 2 fully saturated rings. The van der Waals surface area contributed by atoms with Crippen molar-refractivity contribution in [2.75, 3.05) is 26.7 Å². The van der Waals surface area contributed by atoms with Crippen molar-refractivity contribution in [2.24, 2.45) is 5.92 Å². The Morgan fingerprint density at radius 1 is 1.31 bits per heavy atom. The van der Waals surface area contributed by atoms with Gasteiger partial charge in [-0.2, -0.15) is 0 Å². The van der Waals surface area contributed by atoms with Crippen LogP contribution in [-0.4, -0.2) is 52.0 Å². The van der Waals surface area contributed by atoms with Crippen LogP contribution < -0.4 is 16.6 Å². The summed E-state index contributed by atoms with van der Waals surface area (Å²) in [6.07, 6.45) is 3.74. The number of aromatic nitrogens is 3. The van der Waals surface area contributed by atoms with Crippen molar-refractivity contribution in [3.05, 3.63) is 38.2 Å². The maximum absolute atomic E-state index is 13.3. The highest BCUT2D eigenvalue weighted by atomic mass is 35.5. The predicted octanol–water partition coefficient (Wildman–Crippen LogP) is 1.48. The minimum absolute atomic E-state index is 0. The Bertz CT molecular complexity index is 1030. The lowest BCUT2D eigenvalue weighted by molar-refractivity contribution is 0.0789. The number of carbonyl (C=O) groups excluding carboxylic acids is 1. The van der Waals surface area contributed by atoms with Gasteiger partial charge in [0.2, 0.25) is 0 Å². The largest absolute Gasteiger partial charge is 0.338 e. The van der Waals surface area contributed by atoms with E-state index in [0.717, 1.165) is 37.9 Å². The Morgan fingerprint density at radius 2 is 2.07 bits per heavy atom. The van der Waals surface area contributed by atoms with Crippen LogP contribution in [-0.2, 0) is 6.54 Å². The predicted molar refractivity (Wildman–Crippen MR) is 114 cm³/mol. The molecule has 1 aliphatic heterocycles. The van der Waals surface area contributed by atoms with Gasteiger partial charge in [0.1, 0.15) is 0 Å². The smallest absolute Gasteiger partial charge is 0.329 e. The summed E-state index contributed by atoms with van der Waals surface area (Å²) >= 11 is 0. The molecule has 2 aromatic rings. The van der Waals surface area contributed by atoms with Crippen LogP contribution in [0.15, 0.2) is 15.7 Å². The van der Waals surface area contributed by atoms with Crippen LogP contribution >= 0.6 is 12.4 Å². The second kappa shape index (κ2) is 8.67. The van der Waals surface area contributed by atoms with Crippen molar-refractivity contribution in [3.8, 4) is 0 Å². The van der Waals surface area contributed by atoms with E-state index in [1.165, 1.54) is 4.57 Å². The zero-order valence-electron chi connectivity index (χ0n) is 16.9. The third-order valence-electron chi connectivity index (χ3n) is 5.71. The van der Waals surface area contributed by atoms with E-state index in [1.54, 1.807) is 6.07 Å². The first-order valence-corrected chi connectivity index (χ1v) is 10.1. The molecule has 0 aromatic carbocycles. The van der Waals surface area contributed by atoms with Crippen molar-refractivity contribution in [1.29, 1.82) is 0 Å². The highest BCUT2D eigenvalue weighted by molar-refractivity contribution is 6.05. The lowest BCUT2D eigenvalue weighted by atomic mass is 10.1. The summed E-state index contributed by atoms with van der Waals surface area (Å²) in [5, 5.41) is 3.40. The number of hydrogen-bond acceptors (Lipinski definition) is 5. The van der Waals surface area contributed by atoms with Crippen LogP contribution in [0.3, 0.4) is 0 Å². The van der Waals surface area contributed by atoms with E-state index >= 15 is 0 Å². The van der Waals surface area contributed by atoms with E-state index in [4.69, 9.17) is 0 Å². The minimum Gasteiger partial charge on any atom is -0.338 e. The third kappa shape index (κ3) is 4.09. The molecule has 29 heavy (non-hydrogen) atoms. The molecule has 1 unspecified atom stereocenters. The number of H-pyrrole nitrogens is 1. The highest BCUT2D eigenvalue weighted by Gasteiger charge is 2.32. The molecule has 8 nitrogen and oxygen atoms in total. The van der Waals surface area contributed by atoms with E-state index in [9.17, 15) is 14.4 Å². The Balaban J connectivity index is 0.00000240. The van der Waals surface area contributed by atoms with Crippen molar-refractivity contribution >= 4 is 29.3 Å². The summed E-state index contributed by atoms with van der Waals surface area (Å²) in [7, 11) is 1.91. The van der Waals surface area contributed by atoms with Crippen LogP contribution in [0.1, 0.15) is 54.6 Å². The highest BCUT2D eigenvalue weighted by Crippen LogP contribution is 2.40. The number of aryl methyl sites for hydroxylation is 1. The molecular weight excluding hydrogens is 394 g/mol. The monoisotopic (exact) mass is 421 g/mol. The number of fused-ring (bicyclic) bond motifs is 1. The number of aromatic amines is 1. The van der Waals surface area contributed by atoms with Gasteiger partial charge in [0.05, 0.1) is 10.9 Å². The first-order chi connectivity index (χ1) is 13.5. The summed E-state index contributed by atoms with van der Waals surface area (Å²) in [5.74, 6) is 0.595. The van der Waals surface area contributed by atoms with Crippen molar-refractivity contribution < 1.29 is 4.79 Å². The lowest BCUT2D eigenvalue weighted by Gasteiger charge is -2.19. The molecule has 0 bridgehead atoms. The molecule has 1 atom stereocenters. The second-order valence-electron chi connectivity index (χ2n) is 7.94. The van der Waals surface area contributed by atoms with Gasteiger partial charge in [-0.25, -0.2) is 9.78 Å². The fourth-order valence-corrected chi connectivity index (χ4v) is 4.12. The number of likely N-dealkylation sites (tertiary alicyclic amines) is 1. The summed E-state index contributed by atoms with van der Waals surface area (Å²) in [4.78, 5) is 47.2. The number of pyridine rings is 1. The summed E-state index contributed by atoms with van der Waals surface area (Å²) in [6.45, 7) is 4.64. The van der Waals surface area contributed by atoms with E-state index in [-0.39, 0.29) is 23.7 Å². The molecule has 4 rings (SSSR count). The van der Waals surface area contributed by atoms with Gasteiger partial charge in [-0.3, -0.25) is 19.1 Å². The van der Waals surface area contributed by atoms with Gasteiger partial charge < -0.3 is 10.2 Å². The Kier molecular flexibility index (Phi) is 6.43. The number of amides is 1. The molecule has 2 aromatic heterocycles. The number of hydrogen-bond donors (Lipinski definition) is 2. The van der Waals surface area contributed by atoms with Gasteiger partial charge in [-0.15, -0.1) is 12.4 Å². The fourth-order valence-electron chi connectivity index (χ4n) is 4.12. The van der Waals surface area contributed by atoms with Crippen molar-refractivity contribution in [2.45, 2.75) is 45.1 Å². The van der Waals surface area contributed by atoms with E-state index in [0.29, 0.717) is 42.7 Å². The van der Waals surface area contributed by atoms with Crippen LogP contribution in [0.4, 0.5) is 0 Å². The maximum Gasteiger partial charge on any atom is 0.329 e. The van der Waals surface area contributed by atoms with Gasteiger partial charge in [0.15, 0.2) is 5.65 Å². The lowest BCUT2D eigenvalue weighted by Crippen LogP contribution is -2.35. The fraction of sp³-hybridized carbons (Fsp3) is 0.600. The van der Waals surface area contributed by atoms with Crippen LogP contribution in [0.2, 0.25) is 0 Å². The third-order valence-corrected chi connectivity index (χ3v) is 5.71. The summed E-state index contributed by atoms with van der Waals surface area (Å²) < 4.78 is 1.49. The number of nitrogens with zero attached hydrogens (tertiary/aromatic N) is 3. The summed E-state index contributed by atoms with van der Waals surface area (Å²) in [5.41, 5.74) is 0.541. The molecule has 158 valence electrons. The summed E-state index contributed by atoms with van der Waals surface area (Å²) in [6, 6.07) is 1.78. The standard InChI is InChI=1S/C20H27N5O3.ClH/c1-3-7-25-17-16(18(26)23-20(25)28)14(9-15(22-17)13-4-5-13)19(27)24-8-6-12(11-24)10-21-2;/h9,12-13,21H,3-8,10-11H2,1-2H3,(H,23,26,28);1H. The first-order valence-electron chi connectivity index (χ1n) is 10.1. The van der Waals surface area contributed by atoms with Crippen LogP contribution in [0.5, 0.6) is 0 Å². The first kappa shape index (κ1) is 21.5. The molecule has 2 N–H and O–H groups in total. The Labute approximate surface area is 175 Å². The molecule has 2 aliphatic rings. The van der Waals surface area contributed by atoms with Gasteiger partial charge in [-0.05, 0) is 51.3 Å². The van der Waals surface area contributed by atoms with Crippen molar-refractivity contribution in [3.63, 3.8) is 0 Å². The molecule has 0 spiro atoms. The molecule has 1 saturated heterocycles. The van der Waals surface area contributed by atoms with Crippen LogP contribution in [0, 0.1) is 5.92 Å². The van der Waals surface area contributed by atoms with Gasteiger partial charge in [-0.1, -0.05) is 6.92 Å². The number of halogens is 1. The molecule has 0 radical (unpaired) electrons. The van der Waals surface area contributed by atoms with Gasteiger partial charge >= 0.3 is 5.69 Å². The molecule has 3 heterocycles. The maximum atomic E-state index is 13.3. The average molecular weight is 422 g/mol. The van der Waals surface area contributed by atoms with E-state index in [2.05, 4.69) is 15.3 Å². The zero-order chi connectivity index (χ0) is 19.8. The number of carbonyl (C=O) groups is 1. The van der Waals surface area contributed by atoms with Crippen LogP contribution in [0.25, 0.3) is 11.0 Å². The SMILES string of the molecule is CCCn1c(=O)[nH]c(=O)c2c(C(=O)N3CCC(CNC)C3)cc(C3CC3)nc21.Cl. The van der Waals surface area contributed by atoms with E-state index < -0.39 is 11.2 Å². The topological polar surface area (TPSA) is 100 Å². The second-order valence-corrected chi connectivity index (χ2v) is 7.94. The number of rotatable bonds is 6. The van der Waals surface area contributed by atoms with Gasteiger partial charge in [0.25, 0.3) is 11.5 Å². The quantitative estimate of drug-likeness (QED) is 0.735. The molecule has 1 aliphatic carbocycles. The van der Waals surface area contributed by atoms with Crippen molar-refractivity contribution in [1.82, 2.24) is 24.8 Å². The molecule has 9 heteroatoms. The van der Waals surface area contributed by atoms with Gasteiger partial charge in [0, 0.05) is 31.2 Å². The molecule has 1 saturated carbocycles. The normalized spacial score (nSPS) is 18.8. The average Bonchev–Trinajstić information content (AvgIpc) is 3.43. The van der Waals surface area contributed by atoms with E-state index in [1.807, 2.05) is 18.9 Å². The molecule has 1 amide bonds. The Hall–Kier alpha value is -2.19. The minimum atomic E-state index is -0.531.